The van der Waals surface area contributed by atoms with E-state index in [1.807, 2.05) is 6.21 Å². The number of aromatic nitrogens is 2. The van der Waals surface area contributed by atoms with Crippen molar-refractivity contribution in [3.8, 4) is 0 Å². The fourth-order valence-electron chi connectivity index (χ4n) is 1.93. The van der Waals surface area contributed by atoms with Crippen molar-refractivity contribution in [3.63, 3.8) is 0 Å². The molecule has 5 nitrogen and oxygen atoms in total. The lowest BCUT2D eigenvalue weighted by Crippen LogP contribution is -2.08. The first-order valence-electron chi connectivity index (χ1n) is 5.72. The second kappa shape index (κ2) is 5.44. The van der Waals surface area contributed by atoms with Gasteiger partial charge in [0.05, 0.1) is 0 Å². The first kappa shape index (κ1) is 10.9. The molecule has 86 valence electrons. The second-order valence-electron chi connectivity index (χ2n) is 4.09. The highest BCUT2D eigenvalue weighted by Gasteiger charge is 2.10. The highest BCUT2D eigenvalue weighted by atomic mass is 15.3. The zero-order valence-electron chi connectivity index (χ0n) is 9.26. The quantitative estimate of drug-likeness (QED) is 0.602. The Labute approximate surface area is 95.2 Å². The van der Waals surface area contributed by atoms with Crippen LogP contribution in [0.5, 0.6) is 0 Å². The van der Waals surface area contributed by atoms with Crippen molar-refractivity contribution >= 4 is 18.0 Å². The molecule has 0 radical (unpaired) electrons. The lowest BCUT2D eigenvalue weighted by atomic mass is 9.90. The van der Waals surface area contributed by atoms with Gasteiger partial charge >= 0.3 is 0 Å². The van der Waals surface area contributed by atoms with Crippen molar-refractivity contribution in [1.82, 2.24) is 9.97 Å². The van der Waals surface area contributed by atoms with Gasteiger partial charge in [0.15, 0.2) is 5.82 Å². The van der Waals surface area contributed by atoms with Gasteiger partial charge in [-0.15, -0.1) is 0 Å². The Kier molecular flexibility index (Phi) is 3.69. The van der Waals surface area contributed by atoms with Crippen molar-refractivity contribution in [2.75, 3.05) is 11.2 Å². The smallest absolute Gasteiger partial charge is 0.221 e. The molecule has 1 aliphatic carbocycles. The van der Waals surface area contributed by atoms with Crippen LogP contribution in [0.15, 0.2) is 17.4 Å². The third-order valence-corrected chi connectivity index (χ3v) is 2.79. The fourth-order valence-corrected chi connectivity index (χ4v) is 1.93. The Morgan fingerprint density at radius 1 is 1.38 bits per heavy atom. The molecule has 1 saturated carbocycles. The summed E-state index contributed by atoms with van der Waals surface area (Å²) in [6.45, 7) is 0. The first-order chi connectivity index (χ1) is 7.84. The van der Waals surface area contributed by atoms with Gasteiger partial charge in [-0.1, -0.05) is 19.3 Å². The van der Waals surface area contributed by atoms with Crippen LogP contribution in [0.4, 0.5) is 11.8 Å². The Hall–Kier alpha value is -1.65. The third-order valence-electron chi connectivity index (χ3n) is 2.79. The molecule has 0 atom stereocenters. The Bertz CT molecular complexity index is 357. The number of nitrogens with two attached hydrogens (primary N) is 1. The number of hydrogen-bond acceptors (Lipinski definition) is 5. The molecule has 0 aromatic carbocycles. The topological polar surface area (TPSA) is 76.2 Å². The normalized spacial score (nSPS) is 17.8. The van der Waals surface area contributed by atoms with E-state index in [4.69, 9.17) is 5.73 Å². The number of rotatable bonds is 3. The standard InChI is InChI=1S/C11H17N5/c12-11-13-7-6-10(15-11)16-14-8-9-4-2-1-3-5-9/h6-9H,1-5H2,(H3,12,13,15,16). The van der Waals surface area contributed by atoms with E-state index in [9.17, 15) is 0 Å². The molecule has 0 bridgehead atoms. The van der Waals surface area contributed by atoms with E-state index in [-0.39, 0.29) is 5.95 Å². The number of nitrogens with zero attached hydrogens (tertiary/aromatic N) is 3. The average Bonchev–Trinajstić information content (AvgIpc) is 2.30. The van der Waals surface area contributed by atoms with E-state index >= 15 is 0 Å². The van der Waals surface area contributed by atoms with Gasteiger partial charge in [-0.05, 0) is 18.8 Å². The molecule has 0 amide bonds. The van der Waals surface area contributed by atoms with Crippen molar-refractivity contribution < 1.29 is 0 Å². The maximum atomic E-state index is 5.46. The summed E-state index contributed by atoms with van der Waals surface area (Å²) in [6, 6.07) is 1.74. The van der Waals surface area contributed by atoms with Gasteiger partial charge in [0.25, 0.3) is 0 Å². The third kappa shape index (κ3) is 3.18. The van der Waals surface area contributed by atoms with E-state index in [0.717, 1.165) is 0 Å². The molecule has 0 spiro atoms. The second-order valence-corrected chi connectivity index (χ2v) is 4.09. The molecular formula is C11H17N5. The van der Waals surface area contributed by atoms with E-state index in [0.29, 0.717) is 11.7 Å². The van der Waals surface area contributed by atoms with Crippen LogP contribution in [0, 0.1) is 5.92 Å². The number of nitrogen functional groups attached to an aromatic ring is 1. The molecular weight excluding hydrogens is 202 g/mol. The van der Waals surface area contributed by atoms with Crippen LogP contribution in [0.1, 0.15) is 32.1 Å². The van der Waals surface area contributed by atoms with Crippen LogP contribution in [0.25, 0.3) is 0 Å². The molecule has 16 heavy (non-hydrogen) atoms. The molecule has 0 aliphatic heterocycles. The highest BCUT2D eigenvalue weighted by molar-refractivity contribution is 5.62. The van der Waals surface area contributed by atoms with Crippen molar-refractivity contribution in [2.24, 2.45) is 11.0 Å². The molecule has 3 N–H and O–H groups in total. The van der Waals surface area contributed by atoms with Gasteiger partial charge in [0.1, 0.15) is 0 Å². The van der Waals surface area contributed by atoms with Gasteiger partial charge in [0.2, 0.25) is 5.95 Å². The lowest BCUT2D eigenvalue weighted by Gasteiger charge is -2.16. The summed E-state index contributed by atoms with van der Waals surface area (Å²) in [6.07, 6.45) is 10.1. The Morgan fingerprint density at radius 2 is 2.19 bits per heavy atom. The number of hydrogen-bond donors (Lipinski definition) is 2. The minimum absolute atomic E-state index is 0.262. The van der Waals surface area contributed by atoms with Crippen LogP contribution in [0.2, 0.25) is 0 Å². The van der Waals surface area contributed by atoms with Crippen LogP contribution in [0.3, 0.4) is 0 Å². The molecule has 2 rings (SSSR count). The van der Waals surface area contributed by atoms with E-state index in [1.54, 1.807) is 12.3 Å². The van der Waals surface area contributed by atoms with Crippen molar-refractivity contribution in [3.05, 3.63) is 12.3 Å². The van der Waals surface area contributed by atoms with Crippen molar-refractivity contribution in [1.29, 1.82) is 0 Å². The van der Waals surface area contributed by atoms with Crippen molar-refractivity contribution in [2.45, 2.75) is 32.1 Å². The molecule has 1 aromatic rings. The monoisotopic (exact) mass is 219 g/mol. The van der Waals surface area contributed by atoms with Crippen LogP contribution in [-0.4, -0.2) is 16.2 Å². The predicted octanol–water partition coefficient (Wildman–Crippen LogP) is 2.04. The van der Waals surface area contributed by atoms with Gasteiger partial charge in [-0.3, -0.25) is 5.43 Å². The van der Waals surface area contributed by atoms with Crippen LogP contribution >= 0.6 is 0 Å². The summed E-state index contributed by atoms with van der Waals surface area (Å²) in [5, 5.41) is 4.19. The largest absolute Gasteiger partial charge is 0.368 e. The molecule has 0 saturated heterocycles. The Morgan fingerprint density at radius 3 is 2.94 bits per heavy atom. The van der Waals surface area contributed by atoms with Gasteiger partial charge < -0.3 is 5.73 Å². The summed E-state index contributed by atoms with van der Waals surface area (Å²) in [7, 11) is 0. The molecule has 0 unspecified atom stereocenters. The van der Waals surface area contributed by atoms with Gasteiger partial charge in [0, 0.05) is 18.5 Å². The van der Waals surface area contributed by atoms with Crippen LogP contribution < -0.4 is 11.2 Å². The summed E-state index contributed by atoms with van der Waals surface area (Å²) in [5.41, 5.74) is 8.33. The Balaban J connectivity index is 1.84. The maximum absolute atomic E-state index is 5.46. The molecule has 5 heteroatoms. The first-order valence-corrected chi connectivity index (χ1v) is 5.72. The molecule has 1 heterocycles. The highest BCUT2D eigenvalue weighted by Crippen LogP contribution is 2.21. The van der Waals surface area contributed by atoms with E-state index in [1.165, 1.54) is 32.1 Å². The molecule has 1 aliphatic rings. The van der Waals surface area contributed by atoms with Gasteiger partial charge in [-0.25, -0.2) is 4.98 Å². The number of nitrogens with one attached hydrogen (secondary N) is 1. The van der Waals surface area contributed by atoms with E-state index in [2.05, 4.69) is 20.5 Å². The molecule has 1 aromatic heterocycles. The van der Waals surface area contributed by atoms with Gasteiger partial charge in [-0.2, -0.15) is 10.1 Å². The lowest BCUT2D eigenvalue weighted by molar-refractivity contribution is 0.445. The summed E-state index contributed by atoms with van der Waals surface area (Å²) >= 11 is 0. The number of anilines is 2. The average molecular weight is 219 g/mol. The zero-order valence-corrected chi connectivity index (χ0v) is 9.26. The van der Waals surface area contributed by atoms with Crippen LogP contribution in [-0.2, 0) is 0 Å². The summed E-state index contributed by atoms with van der Waals surface area (Å²) in [4.78, 5) is 7.81. The zero-order chi connectivity index (χ0) is 11.2. The maximum Gasteiger partial charge on any atom is 0.221 e. The summed E-state index contributed by atoms with van der Waals surface area (Å²) < 4.78 is 0. The van der Waals surface area contributed by atoms with E-state index < -0.39 is 0 Å². The number of hydrazone groups is 1. The minimum atomic E-state index is 0.262. The summed E-state index contributed by atoms with van der Waals surface area (Å²) in [5.74, 6) is 1.51. The fraction of sp³-hybridized carbons (Fsp3) is 0.545. The minimum Gasteiger partial charge on any atom is -0.368 e. The molecule has 1 fully saturated rings. The SMILES string of the molecule is Nc1nccc(NN=CC2CCCCC2)n1. The predicted molar refractivity (Wildman–Crippen MR) is 65.1 cm³/mol.